The Balaban J connectivity index is 1.85. The van der Waals surface area contributed by atoms with Crippen LogP contribution in [0.3, 0.4) is 0 Å². The molecule has 3 rings (SSSR count). The molecule has 0 spiro atoms. The van der Waals surface area contributed by atoms with Gasteiger partial charge in [0.1, 0.15) is 11.0 Å². The summed E-state index contributed by atoms with van der Waals surface area (Å²) in [6, 6.07) is -0.911. The number of carboxylic acids is 1. The molecule has 124 valence electrons. The van der Waals surface area contributed by atoms with E-state index in [1.54, 1.807) is 6.92 Å². The zero-order valence-electron chi connectivity index (χ0n) is 13.0. The molecule has 1 aromatic rings. The number of aryl methyl sites for hydroxylation is 1. The number of hydrogen-bond acceptors (Lipinski definition) is 4. The van der Waals surface area contributed by atoms with Gasteiger partial charge in [-0.05, 0) is 44.1 Å². The lowest BCUT2D eigenvalue weighted by Crippen LogP contribution is -2.40. The number of nitrogens with one attached hydrogen (secondary N) is 2. The summed E-state index contributed by atoms with van der Waals surface area (Å²) in [6.45, 7) is 1.72. The summed E-state index contributed by atoms with van der Waals surface area (Å²) in [4.78, 5) is 36.9. The molecular weight excluding hydrogens is 316 g/mol. The number of rotatable bonds is 6. The zero-order valence-corrected chi connectivity index (χ0v) is 13.8. The highest BCUT2D eigenvalue weighted by molar-refractivity contribution is 7.17. The van der Waals surface area contributed by atoms with E-state index in [2.05, 4.69) is 10.6 Å². The van der Waals surface area contributed by atoms with E-state index in [0.29, 0.717) is 17.0 Å². The van der Waals surface area contributed by atoms with Crippen molar-refractivity contribution in [2.45, 2.75) is 51.5 Å². The fourth-order valence-electron chi connectivity index (χ4n) is 2.86. The van der Waals surface area contributed by atoms with Gasteiger partial charge in [-0.2, -0.15) is 0 Å². The average Bonchev–Trinajstić information content (AvgIpc) is 3.17. The van der Waals surface area contributed by atoms with E-state index in [0.717, 1.165) is 42.5 Å². The highest BCUT2D eigenvalue weighted by atomic mass is 32.1. The van der Waals surface area contributed by atoms with E-state index >= 15 is 0 Å². The maximum atomic E-state index is 12.6. The van der Waals surface area contributed by atoms with Crippen molar-refractivity contribution in [3.05, 3.63) is 16.0 Å². The quantitative estimate of drug-likeness (QED) is 0.742. The molecule has 0 saturated heterocycles. The second kappa shape index (κ2) is 6.31. The Morgan fingerprint density at radius 2 is 2.04 bits per heavy atom. The monoisotopic (exact) mass is 336 g/mol. The molecule has 2 aliphatic carbocycles. The zero-order chi connectivity index (χ0) is 16.6. The van der Waals surface area contributed by atoms with Gasteiger partial charge in [0.2, 0.25) is 5.91 Å². The van der Waals surface area contributed by atoms with Crippen molar-refractivity contribution in [2.24, 2.45) is 5.92 Å². The van der Waals surface area contributed by atoms with Crippen molar-refractivity contribution < 1.29 is 19.5 Å². The number of fused-ring (bicyclic) bond motifs is 1. The summed E-state index contributed by atoms with van der Waals surface area (Å²) in [5.74, 6) is -1.42. The Bertz CT molecular complexity index is 663. The van der Waals surface area contributed by atoms with Gasteiger partial charge < -0.3 is 15.7 Å². The molecule has 3 N–H and O–H groups in total. The van der Waals surface area contributed by atoms with Gasteiger partial charge in [0.25, 0.3) is 5.91 Å². The molecule has 2 aliphatic rings. The minimum Gasteiger partial charge on any atom is -0.480 e. The summed E-state index contributed by atoms with van der Waals surface area (Å²) in [5.41, 5.74) is 1.44. The molecule has 0 aliphatic heterocycles. The van der Waals surface area contributed by atoms with Crippen LogP contribution in [0, 0.1) is 5.92 Å². The average molecular weight is 336 g/mol. The van der Waals surface area contributed by atoms with Gasteiger partial charge in [-0.1, -0.05) is 6.92 Å². The van der Waals surface area contributed by atoms with Gasteiger partial charge in [-0.3, -0.25) is 9.59 Å². The fraction of sp³-hybridized carbons (Fsp3) is 0.562. The van der Waals surface area contributed by atoms with Crippen molar-refractivity contribution in [1.29, 1.82) is 0 Å². The predicted octanol–water partition coefficient (Wildman–Crippen LogP) is 2.18. The van der Waals surface area contributed by atoms with Crippen molar-refractivity contribution in [2.75, 3.05) is 5.32 Å². The van der Waals surface area contributed by atoms with Crippen LogP contribution in [-0.4, -0.2) is 28.9 Å². The van der Waals surface area contributed by atoms with E-state index in [4.69, 9.17) is 5.11 Å². The first-order valence-electron chi connectivity index (χ1n) is 8.00. The SMILES string of the molecule is CCC(NC(=O)c1c(NC(=O)C2CC2)sc2c1CCC2)C(=O)O. The van der Waals surface area contributed by atoms with Crippen LogP contribution in [-0.2, 0) is 22.4 Å². The molecule has 1 atom stereocenters. The first kappa shape index (κ1) is 16.0. The first-order valence-corrected chi connectivity index (χ1v) is 8.82. The molecular formula is C16H20N2O4S. The van der Waals surface area contributed by atoms with E-state index in [1.807, 2.05) is 0 Å². The Hall–Kier alpha value is -1.89. The second-order valence-corrected chi connectivity index (χ2v) is 7.20. The van der Waals surface area contributed by atoms with E-state index in [1.165, 1.54) is 11.3 Å². The molecule has 1 fully saturated rings. The lowest BCUT2D eigenvalue weighted by molar-refractivity contribution is -0.139. The number of carboxylic acid groups (broad SMARTS) is 1. The third-order valence-corrected chi connectivity index (χ3v) is 5.55. The summed E-state index contributed by atoms with van der Waals surface area (Å²) < 4.78 is 0. The number of carbonyl (C=O) groups is 3. The lowest BCUT2D eigenvalue weighted by Gasteiger charge is -2.14. The smallest absolute Gasteiger partial charge is 0.326 e. The number of aliphatic carboxylic acids is 1. The molecule has 0 radical (unpaired) electrons. The highest BCUT2D eigenvalue weighted by Crippen LogP contribution is 2.40. The fourth-order valence-corrected chi connectivity index (χ4v) is 4.15. The maximum Gasteiger partial charge on any atom is 0.326 e. The Labute approximate surface area is 138 Å². The van der Waals surface area contributed by atoms with Crippen LogP contribution in [0.25, 0.3) is 0 Å². The topological polar surface area (TPSA) is 95.5 Å². The Morgan fingerprint density at radius 1 is 1.30 bits per heavy atom. The molecule has 2 amide bonds. The lowest BCUT2D eigenvalue weighted by atomic mass is 10.1. The normalized spacial score (nSPS) is 17.4. The number of hydrogen-bond donors (Lipinski definition) is 3. The van der Waals surface area contributed by atoms with Crippen LogP contribution < -0.4 is 10.6 Å². The molecule has 7 heteroatoms. The molecule has 0 aromatic carbocycles. The molecule has 1 aromatic heterocycles. The highest BCUT2D eigenvalue weighted by Gasteiger charge is 2.33. The third-order valence-electron chi connectivity index (χ3n) is 4.34. The van der Waals surface area contributed by atoms with E-state index in [9.17, 15) is 14.4 Å². The Morgan fingerprint density at radius 3 is 2.65 bits per heavy atom. The molecule has 1 unspecified atom stereocenters. The van der Waals surface area contributed by atoms with Gasteiger partial charge in [-0.15, -0.1) is 11.3 Å². The van der Waals surface area contributed by atoms with Gasteiger partial charge in [0, 0.05) is 10.8 Å². The maximum absolute atomic E-state index is 12.6. The number of carbonyl (C=O) groups excluding carboxylic acids is 2. The second-order valence-electron chi connectivity index (χ2n) is 6.10. The van der Waals surface area contributed by atoms with E-state index < -0.39 is 17.9 Å². The van der Waals surface area contributed by atoms with Gasteiger partial charge in [-0.25, -0.2) is 4.79 Å². The minimum atomic E-state index is -1.05. The van der Waals surface area contributed by atoms with Crippen molar-refractivity contribution in [3.63, 3.8) is 0 Å². The Kier molecular flexibility index (Phi) is 4.39. The third kappa shape index (κ3) is 3.24. The van der Waals surface area contributed by atoms with Gasteiger partial charge in [0.15, 0.2) is 0 Å². The summed E-state index contributed by atoms with van der Waals surface area (Å²) in [7, 11) is 0. The van der Waals surface area contributed by atoms with Crippen LogP contribution in [0.5, 0.6) is 0 Å². The number of amides is 2. The first-order chi connectivity index (χ1) is 11.0. The largest absolute Gasteiger partial charge is 0.480 e. The van der Waals surface area contributed by atoms with Crippen molar-refractivity contribution in [3.8, 4) is 0 Å². The molecule has 1 heterocycles. The summed E-state index contributed by atoms with van der Waals surface area (Å²) in [5, 5.41) is 15.1. The van der Waals surface area contributed by atoms with E-state index in [-0.39, 0.29) is 11.8 Å². The van der Waals surface area contributed by atoms with Crippen LogP contribution in [0.2, 0.25) is 0 Å². The standard InChI is InChI=1S/C16H20N2O4S/c1-2-10(16(21)22)17-14(20)12-9-4-3-5-11(9)23-15(12)18-13(19)8-6-7-8/h8,10H,2-7H2,1H3,(H,17,20)(H,18,19)(H,21,22). The van der Waals surface area contributed by atoms with Gasteiger partial charge >= 0.3 is 5.97 Å². The molecule has 0 bridgehead atoms. The summed E-state index contributed by atoms with van der Waals surface area (Å²) >= 11 is 1.45. The van der Waals surface area contributed by atoms with Crippen LogP contribution in [0.15, 0.2) is 0 Å². The van der Waals surface area contributed by atoms with Crippen molar-refractivity contribution >= 4 is 34.1 Å². The summed E-state index contributed by atoms with van der Waals surface area (Å²) in [6.07, 6.45) is 4.82. The molecule has 23 heavy (non-hydrogen) atoms. The van der Waals surface area contributed by atoms with Crippen LogP contribution in [0.1, 0.15) is 53.4 Å². The van der Waals surface area contributed by atoms with Gasteiger partial charge in [0.05, 0.1) is 5.56 Å². The number of thiophene rings is 1. The van der Waals surface area contributed by atoms with Crippen LogP contribution >= 0.6 is 11.3 Å². The van der Waals surface area contributed by atoms with Crippen LogP contribution in [0.4, 0.5) is 5.00 Å². The number of anilines is 1. The minimum absolute atomic E-state index is 0.0377. The molecule has 1 saturated carbocycles. The predicted molar refractivity (Wildman–Crippen MR) is 86.9 cm³/mol. The molecule has 6 nitrogen and oxygen atoms in total. The van der Waals surface area contributed by atoms with Crippen molar-refractivity contribution in [1.82, 2.24) is 5.32 Å².